The first-order chi connectivity index (χ1) is 9.11. The normalized spacial score (nSPS) is 12.1. The van der Waals surface area contributed by atoms with Gasteiger partial charge in [0.25, 0.3) is 0 Å². The van der Waals surface area contributed by atoms with Crippen LogP contribution in [0.15, 0.2) is 10.5 Å². The predicted octanol–water partition coefficient (Wildman–Crippen LogP) is 0.944. The molecule has 0 amide bonds. The van der Waals surface area contributed by atoms with Gasteiger partial charge >= 0.3 is 0 Å². The molecule has 1 atom stereocenters. The summed E-state index contributed by atoms with van der Waals surface area (Å²) < 4.78 is 1.48. The van der Waals surface area contributed by atoms with Crippen molar-refractivity contribution in [1.29, 1.82) is 5.26 Å². The maximum Gasteiger partial charge on any atom is 0.209 e. The molecule has 0 aliphatic carbocycles. The Morgan fingerprint density at radius 2 is 2.47 bits per heavy atom. The number of thioether (sulfide) groups is 1. The lowest BCUT2D eigenvalue weighted by Gasteiger charge is -2.03. The highest BCUT2D eigenvalue weighted by molar-refractivity contribution is 7.99. The number of Topliss-reactive ketones (excluding diaryl/α,β-unsaturated/α-hetero) is 1. The molecule has 0 spiro atoms. The Morgan fingerprint density at radius 1 is 1.68 bits per heavy atom. The molecule has 2 aromatic rings. The van der Waals surface area contributed by atoms with Crippen LogP contribution in [0.5, 0.6) is 0 Å². The van der Waals surface area contributed by atoms with Crippen LogP contribution >= 0.6 is 23.1 Å². The molecule has 2 rings (SSSR count). The number of rotatable bonds is 5. The van der Waals surface area contributed by atoms with E-state index >= 15 is 0 Å². The third-order valence-electron chi connectivity index (χ3n) is 2.26. The molecule has 0 fully saturated rings. The summed E-state index contributed by atoms with van der Waals surface area (Å²) >= 11 is 2.54. The second-order valence-corrected chi connectivity index (χ2v) is 5.56. The fourth-order valence-corrected chi connectivity index (χ4v) is 2.95. The van der Waals surface area contributed by atoms with Crippen molar-refractivity contribution in [3.8, 4) is 6.07 Å². The van der Waals surface area contributed by atoms with Crippen molar-refractivity contribution in [3.63, 3.8) is 0 Å². The predicted molar refractivity (Wildman–Crippen MR) is 69.7 cm³/mol. The van der Waals surface area contributed by atoms with Crippen LogP contribution in [0, 0.1) is 18.3 Å². The molecule has 0 saturated carbocycles. The number of tetrazole rings is 1. The molecule has 7 nitrogen and oxygen atoms in total. The maximum absolute atomic E-state index is 12.0. The molecule has 0 aliphatic heterocycles. The van der Waals surface area contributed by atoms with E-state index in [1.165, 1.54) is 27.8 Å². The van der Waals surface area contributed by atoms with Crippen LogP contribution < -0.4 is 0 Å². The number of thiazole rings is 1. The van der Waals surface area contributed by atoms with E-state index in [-0.39, 0.29) is 11.5 Å². The zero-order valence-electron chi connectivity index (χ0n) is 10.3. The van der Waals surface area contributed by atoms with Crippen molar-refractivity contribution in [3.05, 3.63) is 16.1 Å². The number of aromatic nitrogens is 5. The van der Waals surface area contributed by atoms with Crippen LogP contribution in [0.4, 0.5) is 0 Å². The number of hydrogen-bond acceptors (Lipinski definition) is 8. The molecule has 19 heavy (non-hydrogen) atoms. The zero-order valence-corrected chi connectivity index (χ0v) is 11.9. The minimum absolute atomic E-state index is 0.144. The van der Waals surface area contributed by atoms with Gasteiger partial charge in [-0.1, -0.05) is 11.8 Å². The van der Waals surface area contributed by atoms with Gasteiger partial charge in [-0.3, -0.25) is 4.79 Å². The average Bonchev–Trinajstić information content (AvgIpc) is 2.97. The van der Waals surface area contributed by atoms with Crippen LogP contribution in [0.2, 0.25) is 0 Å². The summed E-state index contributed by atoms with van der Waals surface area (Å²) in [5.74, 6) is -0.859. The molecular weight excluding hydrogens is 284 g/mol. The molecule has 0 saturated heterocycles. The number of ketones is 1. The van der Waals surface area contributed by atoms with E-state index < -0.39 is 5.92 Å². The van der Waals surface area contributed by atoms with E-state index in [0.29, 0.717) is 10.2 Å². The molecule has 0 aromatic carbocycles. The summed E-state index contributed by atoms with van der Waals surface area (Å²) in [5.41, 5.74) is 0.818. The van der Waals surface area contributed by atoms with Crippen LogP contribution in [0.3, 0.4) is 0 Å². The number of nitrogens with zero attached hydrogens (tertiary/aromatic N) is 6. The van der Waals surface area contributed by atoms with Gasteiger partial charge in [-0.15, -0.1) is 16.4 Å². The number of nitriles is 1. The Morgan fingerprint density at radius 3 is 3.00 bits per heavy atom. The van der Waals surface area contributed by atoms with Crippen molar-refractivity contribution in [2.75, 3.05) is 5.75 Å². The molecule has 9 heteroatoms. The summed E-state index contributed by atoms with van der Waals surface area (Å²) in [6.45, 7) is 1.83. The topological polar surface area (TPSA) is 97.4 Å². The number of carbonyl (C=O) groups is 1. The van der Waals surface area contributed by atoms with E-state index in [1.54, 1.807) is 7.05 Å². The SMILES string of the molecule is Cc1csc(C(C#N)C(=O)CSc2nnnn2C)n1. The third-order valence-corrected chi connectivity index (χ3v) is 4.32. The number of aryl methyl sites for hydroxylation is 2. The van der Waals surface area contributed by atoms with Crippen LogP contribution in [-0.4, -0.2) is 36.7 Å². The van der Waals surface area contributed by atoms with Gasteiger partial charge in [0.15, 0.2) is 11.7 Å². The Labute approximate surface area is 117 Å². The molecule has 0 aliphatic rings. The monoisotopic (exact) mass is 294 g/mol. The third kappa shape index (κ3) is 3.15. The van der Waals surface area contributed by atoms with Gasteiger partial charge in [0.1, 0.15) is 5.01 Å². The summed E-state index contributed by atoms with van der Waals surface area (Å²) in [7, 11) is 1.69. The first-order valence-electron chi connectivity index (χ1n) is 5.31. The van der Waals surface area contributed by atoms with E-state index in [0.717, 1.165) is 5.69 Å². The molecule has 0 N–H and O–H groups in total. The van der Waals surface area contributed by atoms with Crippen molar-refractivity contribution in [2.24, 2.45) is 7.05 Å². The van der Waals surface area contributed by atoms with E-state index in [1.807, 2.05) is 18.4 Å². The van der Waals surface area contributed by atoms with Gasteiger partial charge in [-0.2, -0.15) is 5.26 Å². The van der Waals surface area contributed by atoms with Crippen molar-refractivity contribution in [1.82, 2.24) is 25.2 Å². The Kier molecular flexibility index (Phi) is 4.24. The Hall–Kier alpha value is -1.79. The first kappa shape index (κ1) is 13.6. The number of hydrogen-bond donors (Lipinski definition) is 0. The van der Waals surface area contributed by atoms with Gasteiger partial charge in [0.2, 0.25) is 5.16 Å². The molecule has 0 radical (unpaired) electrons. The minimum atomic E-state index is -0.813. The molecule has 98 valence electrons. The lowest BCUT2D eigenvalue weighted by atomic mass is 10.1. The van der Waals surface area contributed by atoms with E-state index in [4.69, 9.17) is 5.26 Å². The van der Waals surface area contributed by atoms with Gasteiger partial charge in [-0.05, 0) is 17.4 Å². The zero-order chi connectivity index (χ0) is 13.8. The molecule has 2 heterocycles. The Bertz CT molecular complexity index is 628. The second kappa shape index (κ2) is 5.90. The molecular formula is C10H10N6OS2. The standard InChI is InChI=1S/C10H10N6OS2/c1-6-4-18-9(12-6)7(3-11)8(17)5-19-10-13-14-15-16(10)2/h4,7H,5H2,1-2H3. The largest absolute Gasteiger partial charge is 0.297 e. The maximum atomic E-state index is 12.0. The fourth-order valence-electron chi connectivity index (χ4n) is 1.33. The first-order valence-corrected chi connectivity index (χ1v) is 7.18. The van der Waals surface area contributed by atoms with Gasteiger partial charge < -0.3 is 0 Å². The highest BCUT2D eigenvalue weighted by atomic mass is 32.2. The average molecular weight is 294 g/mol. The van der Waals surface area contributed by atoms with Crippen LogP contribution in [0.25, 0.3) is 0 Å². The van der Waals surface area contributed by atoms with Crippen molar-refractivity contribution >= 4 is 28.9 Å². The lowest BCUT2D eigenvalue weighted by molar-refractivity contribution is -0.116. The summed E-state index contributed by atoms with van der Waals surface area (Å²) in [5, 5.41) is 22.9. The highest BCUT2D eigenvalue weighted by Crippen LogP contribution is 2.23. The van der Waals surface area contributed by atoms with Gasteiger partial charge in [0, 0.05) is 18.1 Å². The number of carbonyl (C=O) groups excluding carboxylic acids is 1. The van der Waals surface area contributed by atoms with Crippen molar-refractivity contribution < 1.29 is 4.79 Å². The lowest BCUT2D eigenvalue weighted by Crippen LogP contribution is -2.13. The summed E-state index contributed by atoms with van der Waals surface area (Å²) in [6, 6.07) is 2.00. The van der Waals surface area contributed by atoms with Gasteiger partial charge in [-0.25, -0.2) is 9.67 Å². The summed E-state index contributed by atoms with van der Waals surface area (Å²) in [6.07, 6.45) is 0. The minimum Gasteiger partial charge on any atom is -0.297 e. The molecule has 1 unspecified atom stereocenters. The van der Waals surface area contributed by atoms with E-state index in [9.17, 15) is 4.79 Å². The second-order valence-electron chi connectivity index (χ2n) is 3.73. The molecule has 2 aromatic heterocycles. The van der Waals surface area contributed by atoms with Crippen LogP contribution in [-0.2, 0) is 11.8 Å². The quantitative estimate of drug-likeness (QED) is 0.757. The van der Waals surface area contributed by atoms with E-state index in [2.05, 4.69) is 20.5 Å². The smallest absolute Gasteiger partial charge is 0.209 e. The Balaban J connectivity index is 2.02. The van der Waals surface area contributed by atoms with Crippen molar-refractivity contribution in [2.45, 2.75) is 18.0 Å². The highest BCUT2D eigenvalue weighted by Gasteiger charge is 2.23. The summed E-state index contributed by atoms with van der Waals surface area (Å²) in [4.78, 5) is 16.2. The molecule has 0 bridgehead atoms. The fraction of sp³-hybridized carbons (Fsp3) is 0.400. The van der Waals surface area contributed by atoms with Gasteiger partial charge in [0.05, 0.1) is 11.8 Å². The van der Waals surface area contributed by atoms with Crippen LogP contribution in [0.1, 0.15) is 16.6 Å².